The predicted octanol–water partition coefficient (Wildman–Crippen LogP) is 2.52. The van der Waals surface area contributed by atoms with Crippen LogP contribution in [0.4, 0.5) is 4.79 Å². The van der Waals surface area contributed by atoms with Gasteiger partial charge in [0, 0.05) is 24.5 Å². The third-order valence-corrected chi connectivity index (χ3v) is 5.79. The minimum atomic E-state index is -0.0929. The van der Waals surface area contributed by atoms with Crippen LogP contribution in [0.2, 0.25) is 0 Å². The number of nitrogens with one attached hydrogen (secondary N) is 2. The molecule has 0 spiro atoms. The van der Waals surface area contributed by atoms with Crippen LogP contribution in [0.5, 0.6) is 0 Å². The Morgan fingerprint density at radius 3 is 2.81 bits per heavy atom. The van der Waals surface area contributed by atoms with Crippen LogP contribution in [0.15, 0.2) is 17.5 Å². The molecule has 2 N–H and O–H groups in total. The molecule has 6 nitrogen and oxygen atoms in total. The predicted molar refractivity (Wildman–Crippen MR) is 106 cm³/mol. The van der Waals surface area contributed by atoms with Gasteiger partial charge < -0.3 is 20.4 Å². The average molecular weight is 381 g/mol. The lowest BCUT2D eigenvalue weighted by Gasteiger charge is -2.32. The van der Waals surface area contributed by atoms with Gasteiger partial charge in [-0.25, -0.2) is 4.79 Å². The second-order valence-corrected chi connectivity index (χ2v) is 7.73. The number of hydrogen-bond donors (Lipinski definition) is 2. The standard InChI is InChI=1S/C19H32N4O2S/c1-3-22(4-2)11-7-10-20-18(24)16-8-5-12-23(15-16)19(25)21-14-17-9-6-13-26-17/h6,9,13,16H,3-5,7-8,10-12,14-15H2,1-2H3,(H,20,24)(H,21,25). The molecule has 3 amide bonds. The Balaban J connectivity index is 1.69. The third-order valence-electron chi connectivity index (χ3n) is 4.92. The zero-order chi connectivity index (χ0) is 18.8. The SMILES string of the molecule is CCN(CC)CCCNC(=O)C1CCCN(C(=O)NCc2cccs2)C1. The Labute approximate surface area is 160 Å². The summed E-state index contributed by atoms with van der Waals surface area (Å²) in [6.45, 7) is 9.90. The number of hydrogen-bond acceptors (Lipinski definition) is 4. The van der Waals surface area contributed by atoms with Gasteiger partial charge in [-0.1, -0.05) is 19.9 Å². The van der Waals surface area contributed by atoms with Crippen LogP contribution in [0, 0.1) is 5.92 Å². The van der Waals surface area contributed by atoms with E-state index in [-0.39, 0.29) is 17.9 Å². The monoisotopic (exact) mass is 380 g/mol. The first-order chi connectivity index (χ1) is 12.6. The lowest BCUT2D eigenvalue weighted by Crippen LogP contribution is -2.48. The summed E-state index contributed by atoms with van der Waals surface area (Å²) >= 11 is 1.63. The summed E-state index contributed by atoms with van der Waals surface area (Å²) in [5, 5.41) is 8.00. The van der Waals surface area contributed by atoms with Crippen molar-refractivity contribution in [2.45, 2.75) is 39.7 Å². The number of thiophene rings is 1. The molecule has 1 fully saturated rings. The van der Waals surface area contributed by atoms with Gasteiger partial charge in [0.1, 0.15) is 0 Å². The van der Waals surface area contributed by atoms with Crippen molar-refractivity contribution >= 4 is 23.3 Å². The number of amides is 3. The lowest BCUT2D eigenvalue weighted by atomic mass is 9.97. The summed E-state index contributed by atoms with van der Waals surface area (Å²) in [6.07, 6.45) is 2.70. The molecule has 1 saturated heterocycles. The number of urea groups is 1. The van der Waals surface area contributed by atoms with Crippen molar-refractivity contribution < 1.29 is 9.59 Å². The van der Waals surface area contributed by atoms with Crippen LogP contribution in [0.25, 0.3) is 0 Å². The van der Waals surface area contributed by atoms with Crippen LogP contribution in [0.3, 0.4) is 0 Å². The van der Waals surface area contributed by atoms with Crippen LogP contribution >= 0.6 is 11.3 Å². The second kappa shape index (κ2) is 11.2. The van der Waals surface area contributed by atoms with Crippen molar-refractivity contribution in [3.63, 3.8) is 0 Å². The van der Waals surface area contributed by atoms with Gasteiger partial charge in [0.2, 0.25) is 5.91 Å². The van der Waals surface area contributed by atoms with Gasteiger partial charge in [0.05, 0.1) is 12.5 Å². The van der Waals surface area contributed by atoms with Gasteiger partial charge in [0.25, 0.3) is 0 Å². The number of nitrogens with zero attached hydrogens (tertiary/aromatic N) is 2. The summed E-state index contributed by atoms with van der Waals surface area (Å²) in [5.41, 5.74) is 0. The molecule has 0 radical (unpaired) electrons. The highest BCUT2D eigenvalue weighted by Gasteiger charge is 2.28. The molecular weight excluding hydrogens is 348 g/mol. The number of carbonyl (C=O) groups is 2. The molecule has 2 heterocycles. The highest BCUT2D eigenvalue weighted by atomic mass is 32.1. The highest BCUT2D eigenvalue weighted by molar-refractivity contribution is 7.09. The molecule has 146 valence electrons. The Kier molecular flexibility index (Phi) is 8.91. The Bertz CT molecular complexity index is 546. The van der Waals surface area contributed by atoms with E-state index in [0.29, 0.717) is 19.6 Å². The van der Waals surface area contributed by atoms with Crippen LogP contribution < -0.4 is 10.6 Å². The molecule has 0 bridgehead atoms. The second-order valence-electron chi connectivity index (χ2n) is 6.69. The topological polar surface area (TPSA) is 64.7 Å². The van der Waals surface area contributed by atoms with Crippen LogP contribution in [-0.4, -0.2) is 61.0 Å². The van der Waals surface area contributed by atoms with E-state index in [4.69, 9.17) is 0 Å². The maximum atomic E-state index is 12.4. The maximum Gasteiger partial charge on any atom is 0.317 e. The minimum absolute atomic E-state index is 0.0718. The van der Waals surface area contributed by atoms with Gasteiger partial charge in [-0.3, -0.25) is 4.79 Å². The molecule has 26 heavy (non-hydrogen) atoms. The third kappa shape index (κ3) is 6.61. The fraction of sp³-hybridized carbons (Fsp3) is 0.684. The summed E-state index contributed by atoms with van der Waals surface area (Å²) in [4.78, 5) is 30.0. The van der Waals surface area contributed by atoms with Crippen molar-refractivity contribution in [2.75, 3.05) is 39.3 Å². The van der Waals surface area contributed by atoms with Crippen molar-refractivity contribution in [2.24, 2.45) is 5.92 Å². The zero-order valence-corrected chi connectivity index (χ0v) is 16.8. The average Bonchev–Trinajstić information content (AvgIpc) is 3.19. The van der Waals surface area contributed by atoms with E-state index in [2.05, 4.69) is 29.4 Å². The van der Waals surface area contributed by atoms with Gasteiger partial charge >= 0.3 is 6.03 Å². The Hall–Kier alpha value is -1.60. The van der Waals surface area contributed by atoms with E-state index < -0.39 is 0 Å². The fourth-order valence-electron chi connectivity index (χ4n) is 3.26. The normalized spacial score (nSPS) is 17.3. The minimum Gasteiger partial charge on any atom is -0.356 e. The van der Waals surface area contributed by atoms with Gasteiger partial charge in [-0.15, -0.1) is 11.3 Å². The maximum absolute atomic E-state index is 12.4. The summed E-state index contributed by atoms with van der Waals surface area (Å²) in [7, 11) is 0. The number of carbonyl (C=O) groups excluding carboxylic acids is 2. The lowest BCUT2D eigenvalue weighted by molar-refractivity contribution is -0.126. The quantitative estimate of drug-likeness (QED) is 0.647. The first-order valence-electron chi connectivity index (χ1n) is 9.69. The van der Waals surface area contributed by atoms with Gasteiger partial charge in [0.15, 0.2) is 0 Å². The fourth-order valence-corrected chi connectivity index (χ4v) is 3.91. The zero-order valence-electron chi connectivity index (χ0n) is 16.0. The van der Waals surface area contributed by atoms with Crippen molar-refractivity contribution in [1.82, 2.24) is 20.4 Å². The van der Waals surface area contributed by atoms with E-state index in [1.165, 1.54) is 0 Å². The molecule has 1 aliphatic rings. The first kappa shape index (κ1) is 20.7. The highest BCUT2D eigenvalue weighted by Crippen LogP contribution is 2.17. The number of piperidine rings is 1. The number of likely N-dealkylation sites (tertiary alicyclic amines) is 1. The van der Waals surface area contributed by atoms with Crippen LogP contribution in [0.1, 0.15) is 38.0 Å². The van der Waals surface area contributed by atoms with E-state index >= 15 is 0 Å². The first-order valence-corrected chi connectivity index (χ1v) is 10.6. The van der Waals surface area contributed by atoms with Crippen molar-refractivity contribution in [1.29, 1.82) is 0 Å². The number of rotatable bonds is 9. The smallest absolute Gasteiger partial charge is 0.317 e. The van der Waals surface area contributed by atoms with Crippen molar-refractivity contribution in [3.8, 4) is 0 Å². The molecule has 0 aliphatic carbocycles. The van der Waals surface area contributed by atoms with E-state index in [1.807, 2.05) is 17.5 Å². The summed E-state index contributed by atoms with van der Waals surface area (Å²) < 4.78 is 0. The largest absolute Gasteiger partial charge is 0.356 e. The molecule has 1 aliphatic heterocycles. The van der Waals surface area contributed by atoms with Gasteiger partial charge in [-0.2, -0.15) is 0 Å². The van der Waals surface area contributed by atoms with E-state index in [1.54, 1.807) is 16.2 Å². The molecule has 7 heteroatoms. The molecule has 2 rings (SSSR count). The summed E-state index contributed by atoms with van der Waals surface area (Å²) in [5.74, 6) is -0.00926. The molecule has 0 saturated carbocycles. The van der Waals surface area contributed by atoms with E-state index in [9.17, 15) is 9.59 Å². The molecule has 1 atom stereocenters. The molecule has 1 aromatic rings. The molecule has 0 aromatic carbocycles. The molecule has 1 unspecified atom stereocenters. The Morgan fingerprint density at radius 1 is 1.31 bits per heavy atom. The van der Waals surface area contributed by atoms with Gasteiger partial charge in [-0.05, 0) is 50.3 Å². The molecule has 1 aromatic heterocycles. The van der Waals surface area contributed by atoms with E-state index in [0.717, 1.165) is 50.3 Å². The molecular formula is C19H32N4O2S. The van der Waals surface area contributed by atoms with Crippen molar-refractivity contribution in [3.05, 3.63) is 22.4 Å². The summed E-state index contributed by atoms with van der Waals surface area (Å²) in [6, 6.07) is 3.92. The van der Waals surface area contributed by atoms with Crippen LogP contribution in [-0.2, 0) is 11.3 Å². The Morgan fingerprint density at radius 2 is 2.12 bits per heavy atom.